The van der Waals surface area contributed by atoms with Gasteiger partial charge >= 0.3 is 0 Å². The summed E-state index contributed by atoms with van der Waals surface area (Å²) < 4.78 is 25.7. The van der Waals surface area contributed by atoms with E-state index in [1.165, 1.54) is 0 Å². The predicted octanol–water partition coefficient (Wildman–Crippen LogP) is 7.24. The molecule has 0 amide bonds. The van der Waals surface area contributed by atoms with Crippen LogP contribution in [0.1, 0.15) is 33.7 Å². The molecule has 3 nitrogen and oxygen atoms in total. The molecule has 0 spiro atoms. The van der Waals surface area contributed by atoms with Crippen molar-refractivity contribution in [2.45, 2.75) is 12.8 Å². The van der Waals surface area contributed by atoms with Crippen LogP contribution in [-0.4, -0.2) is 20.4 Å². The van der Waals surface area contributed by atoms with E-state index in [9.17, 15) is 4.57 Å². The van der Waals surface area contributed by atoms with E-state index >= 15 is 0 Å². The number of aryl methyl sites for hydroxylation is 1. The fourth-order valence-corrected chi connectivity index (χ4v) is 6.27. The van der Waals surface area contributed by atoms with Gasteiger partial charge in [0.25, 0.3) is 0 Å². The van der Waals surface area contributed by atoms with E-state index in [-0.39, 0.29) is 5.92 Å². The molecule has 1 heterocycles. The molecular weight excluding hydrogens is 451 g/mol. The fraction of sp³-hybridized carbons (Fsp3) is 0.161. The largest absolute Gasteiger partial charge is 0.497 e. The molecule has 4 aromatic carbocycles. The number of hydrogen-bond donors (Lipinski definition) is 0. The third kappa shape index (κ3) is 4.33. The third-order valence-electron chi connectivity index (χ3n) is 6.56. The summed E-state index contributed by atoms with van der Waals surface area (Å²) in [5, 5.41) is 0.896. The van der Waals surface area contributed by atoms with Crippen LogP contribution in [0.2, 0.25) is 0 Å². The molecule has 35 heavy (non-hydrogen) atoms. The van der Waals surface area contributed by atoms with Crippen LogP contribution in [0, 0.1) is 6.92 Å². The van der Waals surface area contributed by atoms with Crippen LogP contribution in [0.25, 0.3) is 5.57 Å². The molecule has 1 unspecified atom stereocenters. The Balaban J connectivity index is 1.88. The van der Waals surface area contributed by atoms with Crippen molar-refractivity contribution in [3.8, 4) is 11.5 Å². The van der Waals surface area contributed by atoms with E-state index in [0.717, 1.165) is 56.0 Å². The number of allylic oxidation sites excluding steroid dienone is 1. The van der Waals surface area contributed by atoms with Crippen LogP contribution in [-0.2, 0) is 4.57 Å². The Morgan fingerprint density at radius 3 is 2.03 bits per heavy atom. The summed E-state index contributed by atoms with van der Waals surface area (Å²) in [4.78, 5) is 0. The first-order valence-corrected chi connectivity index (χ1v) is 14.3. The summed E-state index contributed by atoms with van der Waals surface area (Å²) in [7, 11) is -0.905. The van der Waals surface area contributed by atoms with Crippen molar-refractivity contribution in [1.82, 2.24) is 0 Å². The van der Waals surface area contributed by atoms with E-state index < -0.39 is 7.14 Å². The number of hydrogen-bond acceptors (Lipinski definition) is 3. The average Bonchev–Trinajstić information content (AvgIpc) is 3.22. The van der Waals surface area contributed by atoms with Crippen LogP contribution < -0.4 is 14.8 Å². The zero-order valence-electron chi connectivity index (χ0n) is 20.5. The molecule has 0 bridgehead atoms. The summed E-state index contributed by atoms with van der Waals surface area (Å²) in [6.07, 6.45) is 0. The molecule has 4 heteroatoms. The van der Waals surface area contributed by atoms with E-state index in [2.05, 4.69) is 43.3 Å². The van der Waals surface area contributed by atoms with Gasteiger partial charge in [0.2, 0.25) is 0 Å². The molecular formula is C31H29O3P. The summed E-state index contributed by atoms with van der Waals surface area (Å²) in [5.41, 5.74) is 6.39. The minimum atomic E-state index is -2.57. The Hall–Kier alpha value is -3.55. The first kappa shape index (κ1) is 23.2. The van der Waals surface area contributed by atoms with Gasteiger partial charge in [-0.3, -0.25) is 0 Å². The average molecular weight is 481 g/mol. The molecule has 4 aromatic rings. The highest BCUT2D eigenvalue weighted by atomic mass is 31.2. The Kier molecular flexibility index (Phi) is 6.13. The van der Waals surface area contributed by atoms with Crippen LogP contribution in [0.3, 0.4) is 0 Å². The molecule has 5 rings (SSSR count). The van der Waals surface area contributed by atoms with Crippen molar-refractivity contribution in [2.24, 2.45) is 0 Å². The van der Waals surface area contributed by atoms with Gasteiger partial charge in [-0.1, -0.05) is 84.9 Å². The summed E-state index contributed by atoms with van der Waals surface area (Å²) >= 11 is 0. The standard InChI is InChI=1S/C31H29O3P/c1-21-12-11-17-27(35(3,4)32)28(21)30-25-19-18-24(33-2)20-26(25)34-31(30)29(22-13-7-5-8-14-22)23-15-9-6-10-16-23/h5-20,30H,1-4H3. The van der Waals surface area contributed by atoms with Gasteiger partial charge < -0.3 is 14.0 Å². The second kappa shape index (κ2) is 9.24. The summed E-state index contributed by atoms with van der Waals surface area (Å²) in [5.74, 6) is 2.15. The van der Waals surface area contributed by atoms with Crippen molar-refractivity contribution in [1.29, 1.82) is 0 Å². The molecule has 0 fully saturated rings. The van der Waals surface area contributed by atoms with Gasteiger partial charge in [0, 0.05) is 22.5 Å². The van der Waals surface area contributed by atoms with Gasteiger partial charge in [0.05, 0.1) is 13.0 Å². The molecule has 0 N–H and O–H groups in total. The van der Waals surface area contributed by atoms with Crippen LogP contribution in [0.4, 0.5) is 0 Å². The zero-order chi connectivity index (χ0) is 24.6. The van der Waals surface area contributed by atoms with Crippen LogP contribution >= 0.6 is 7.14 Å². The first-order valence-electron chi connectivity index (χ1n) is 11.7. The number of fused-ring (bicyclic) bond motifs is 1. The summed E-state index contributed by atoms with van der Waals surface area (Å²) in [6.45, 7) is 5.78. The highest BCUT2D eigenvalue weighted by molar-refractivity contribution is 7.70. The molecule has 0 radical (unpaired) electrons. The molecule has 1 aliphatic heterocycles. The Morgan fingerprint density at radius 1 is 0.829 bits per heavy atom. The number of rotatable bonds is 5. The molecule has 0 saturated carbocycles. The smallest absolute Gasteiger partial charge is 0.134 e. The highest BCUT2D eigenvalue weighted by Gasteiger charge is 2.38. The second-order valence-corrected chi connectivity index (χ2v) is 12.5. The number of methoxy groups -OCH3 is 1. The Bertz CT molecular complexity index is 1410. The van der Waals surface area contributed by atoms with Gasteiger partial charge in [-0.25, -0.2) is 0 Å². The number of benzene rings is 4. The third-order valence-corrected chi connectivity index (χ3v) is 8.11. The fourth-order valence-electron chi connectivity index (χ4n) is 4.94. The predicted molar refractivity (Wildman–Crippen MR) is 145 cm³/mol. The normalized spacial score (nSPS) is 14.9. The maximum absolute atomic E-state index is 13.5. The van der Waals surface area contributed by atoms with E-state index in [1.54, 1.807) is 7.11 Å². The Morgan fingerprint density at radius 2 is 1.46 bits per heavy atom. The molecule has 0 aliphatic carbocycles. The topological polar surface area (TPSA) is 35.5 Å². The van der Waals surface area contributed by atoms with E-state index in [1.807, 2.05) is 74.0 Å². The van der Waals surface area contributed by atoms with Crippen molar-refractivity contribution in [3.05, 3.63) is 131 Å². The maximum atomic E-state index is 13.5. The quantitative estimate of drug-likeness (QED) is 0.283. The Labute approximate surface area is 207 Å². The van der Waals surface area contributed by atoms with E-state index in [4.69, 9.17) is 9.47 Å². The SMILES string of the molecule is COc1ccc2c(c1)OC(=C(c1ccccc1)c1ccccc1)C2c1c(C)cccc1P(C)(C)=O. The van der Waals surface area contributed by atoms with E-state index in [0.29, 0.717) is 0 Å². The van der Waals surface area contributed by atoms with Crippen molar-refractivity contribution < 1.29 is 14.0 Å². The summed E-state index contributed by atoms with van der Waals surface area (Å²) in [6, 6.07) is 32.8. The number of ether oxygens (including phenoxy) is 2. The molecule has 1 atom stereocenters. The van der Waals surface area contributed by atoms with Gasteiger partial charge in [-0.05, 0) is 48.6 Å². The van der Waals surface area contributed by atoms with Crippen molar-refractivity contribution in [3.63, 3.8) is 0 Å². The lowest BCUT2D eigenvalue weighted by Crippen LogP contribution is -2.18. The van der Waals surface area contributed by atoms with Crippen molar-refractivity contribution in [2.75, 3.05) is 20.4 Å². The molecule has 0 aromatic heterocycles. The van der Waals surface area contributed by atoms with Gasteiger partial charge in [0.1, 0.15) is 24.4 Å². The van der Waals surface area contributed by atoms with Gasteiger partial charge in [-0.2, -0.15) is 0 Å². The molecule has 1 aliphatic rings. The molecule has 0 saturated heterocycles. The minimum Gasteiger partial charge on any atom is -0.497 e. The highest BCUT2D eigenvalue weighted by Crippen LogP contribution is 2.52. The minimum absolute atomic E-state index is 0.198. The lowest BCUT2D eigenvalue weighted by atomic mass is 9.84. The van der Waals surface area contributed by atoms with Crippen LogP contribution in [0.5, 0.6) is 11.5 Å². The lowest BCUT2D eigenvalue weighted by Gasteiger charge is -2.23. The molecule has 176 valence electrons. The van der Waals surface area contributed by atoms with Gasteiger partial charge in [-0.15, -0.1) is 0 Å². The monoisotopic (exact) mass is 480 g/mol. The second-order valence-electron chi connectivity index (χ2n) is 9.27. The van der Waals surface area contributed by atoms with Crippen molar-refractivity contribution >= 4 is 18.0 Å². The maximum Gasteiger partial charge on any atom is 0.134 e. The lowest BCUT2D eigenvalue weighted by molar-refractivity contribution is 0.405. The van der Waals surface area contributed by atoms with Gasteiger partial charge in [0.15, 0.2) is 0 Å². The first-order chi connectivity index (χ1) is 16.9. The zero-order valence-corrected chi connectivity index (χ0v) is 21.4. The van der Waals surface area contributed by atoms with Crippen LogP contribution in [0.15, 0.2) is 103 Å².